The summed E-state index contributed by atoms with van der Waals surface area (Å²) in [6, 6.07) is 10.0. The molecule has 0 bridgehead atoms. The van der Waals surface area contributed by atoms with Crippen molar-refractivity contribution in [3.8, 4) is 5.75 Å². The van der Waals surface area contributed by atoms with Gasteiger partial charge in [-0.25, -0.2) is 0 Å². The van der Waals surface area contributed by atoms with Crippen LogP contribution in [0.5, 0.6) is 5.75 Å². The Labute approximate surface area is 92.9 Å². The lowest BCUT2D eigenvalue weighted by Crippen LogP contribution is -3.09. The first-order chi connectivity index (χ1) is 7.33. The molecule has 0 spiro atoms. The molecule has 0 aliphatic heterocycles. The van der Waals surface area contributed by atoms with E-state index in [1.54, 1.807) is 4.90 Å². The van der Waals surface area contributed by atoms with Gasteiger partial charge in [0.25, 0.3) is 0 Å². The van der Waals surface area contributed by atoms with E-state index in [1.807, 2.05) is 30.3 Å². The fourth-order valence-electron chi connectivity index (χ4n) is 1.46. The van der Waals surface area contributed by atoms with Gasteiger partial charge in [0.05, 0.1) is 13.6 Å². The lowest BCUT2D eigenvalue weighted by atomic mass is 10.3. The van der Waals surface area contributed by atoms with Crippen molar-refractivity contribution in [2.75, 3.05) is 26.7 Å². The number of likely N-dealkylation sites (N-methyl/N-ethyl adjacent to an activating group) is 1. The molecule has 2 heteroatoms. The number of quaternary nitrogens is 1. The Morgan fingerprint density at radius 3 is 2.53 bits per heavy atom. The third-order valence-corrected chi connectivity index (χ3v) is 2.50. The second-order valence-corrected chi connectivity index (χ2v) is 3.97. The molecule has 15 heavy (non-hydrogen) atoms. The predicted molar refractivity (Wildman–Crippen MR) is 63.5 cm³/mol. The summed E-state index contributed by atoms with van der Waals surface area (Å²) in [6.07, 6.45) is 2.58. The van der Waals surface area contributed by atoms with Crippen LogP contribution in [0.15, 0.2) is 30.3 Å². The molecular formula is C13H22NO+. The van der Waals surface area contributed by atoms with Gasteiger partial charge in [0, 0.05) is 0 Å². The van der Waals surface area contributed by atoms with Crippen LogP contribution in [0.3, 0.4) is 0 Å². The summed E-state index contributed by atoms with van der Waals surface area (Å²) in [7, 11) is 2.23. The molecule has 1 unspecified atom stereocenters. The van der Waals surface area contributed by atoms with E-state index in [1.165, 1.54) is 19.4 Å². The van der Waals surface area contributed by atoms with Gasteiger partial charge >= 0.3 is 0 Å². The van der Waals surface area contributed by atoms with Gasteiger partial charge < -0.3 is 9.64 Å². The van der Waals surface area contributed by atoms with Crippen LogP contribution in [0.25, 0.3) is 0 Å². The minimum atomic E-state index is 0.805. The molecule has 0 heterocycles. The molecule has 0 saturated carbocycles. The maximum Gasteiger partial charge on any atom is 0.137 e. The van der Waals surface area contributed by atoms with Gasteiger partial charge in [-0.15, -0.1) is 0 Å². The van der Waals surface area contributed by atoms with Crippen LogP contribution >= 0.6 is 0 Å². The summed E-state index contributed by atoms with van der Waals surface area (Å²) in [5.41, 5.74) is 0. The molecule has 1 N–H and O–H groups in total. The number of hydrogen-bond acceptors (Lipinski definition) is 1. The molecule has 2 nitrogen and oxygen atoms in total. The smallest absolute Gasteiger partial charge is 0.137 e. The molecule has 0 fully saturated rings. The number of unbranched alkanes of at least 4 members (excludes halogenated alkanes) is 1. The molecule has 0 amide bonds. The van der Waals surface area contributed by atoms with E-state index in [4.69, 9.17) is 4.74 Å². The Balaban J connectivity index is 2.11. The molecule has 0 aromatic heterocycles. The van der Waals surface area contributed by atoms with Crippen LogP contribution in [0.1, 0.15) is 19.8 Å². The van der Waals surface area contributed by atoms with Crippen LogP contribution in [-0.4, -0.2) is 26.7 Å². The molecular weight excluding hydrogens is 186 g/mol. The Morgan fingerprint density at radius 2 is 1.87 bits per heavy atom. The molecule has 0 saturated heterocycles. The Morgan fingerprint density at radius 1 is 1.13 bits per heavy atom. The van der Waals surface area contributed by atoms with Crippen molar-refractivity contribution in [2.45, 2.75) is 19.8 Å². The minimum Gasteiger partial charge on any atom is -0.488 e. The normalized spacial score (nSPS) is 12.4. The molecule has 1 aromatic carbocycles. The first-order valence-corrected chi connectivity index (χ1v) is 5.82. The maximum atomic E-state index is 5.64. The predicted octanol–water partition coefficient (Wildman–Crippen LogP) is 1.38. The summed E-state index contributed by atoms with van der Waals surface area (Å²) in [5.74, 6) is 0.973. The van der Waals surface area contributed by atoms with Gasteiger partial charge in [-0.1, -0.05) is 31.5 Å². The van der Waals surface area contributed by atoms with Crippen molar-refractivity contribution >= 4 is 0 Å². The van der Waals surface area contributed by atoms with Gasteiger partial charge in [0.2, 0.25) is 0 Å². The van der Waals surface area contributed by atoms with E-state index < -0.39 is 0 Å². The molecule has 0 aliphatic rings. The highest BCUT2D eigenvalue weighted by molar-refractivity contribution is 5.20. The molecule has 1 rings (SSSR count). The van der Waals surface area contributed by atoms with Gasteiger partial charge in [-0.05, 0) is 18.6 Å². The second-order valence-electron chi connectivity index (χ2n) is 3.97. The van der Waals surface area contributed by atoms with Gasteiger partial charge in [-0.2, -0.15) is 0 Å². The van der Waals surface area contributed by atoms with E-state index in [0.29, 0.717) is 0 Å². The van der Waals surface area contributed by atoms with Gasteiger partial charge in [-0.3, -0.25) is 0 Å². The first-order valence-electron chi connectivity index (χ1n) is 5.82. The zero-order valence-corrected chi connectivity index (χ0v) is 9.83. The van der Waals surface area contributed by atoms with Crippen LogP contribution in [-0.2, 0) is 0 Å². The quantitative estimate of drug-likeness (QED) is 0.715. The van der Waals surface area contributed by atoms with Crippen molar-refractivity contribution in [3.05, 3.63) is 30.3 Å². The van der Waals surface area contributed by atoms with Gasteiger partial charge in [0.1, 0.15) is 18.9 Å². The summed E-state index contributed by atoms with van der Waals surface area (Å²) < 4.78 is 5.64. The maximum absolute atomic E-state index is 5.64. The topological polar surface area (TPSA) is 13.7 Å². The monoisotopic (exact) mass is 208 g/mol. The Bertz CT molecular complexity index is 248. The average molecular weight is 208 g/mol. The summed E-state index contributed by atoms with van der Waals surface area (Å²) in [4.78, 5) is 1.55. The second kappa shape index (κ2) is 7.30. The van der Waals surface area contributed by atoms with Crippen molar-refractivity contribution in [2.24, 2.45) is 0 Å². The zero-order chi connectivity index (χ0) is 10.9. The van der Waals surface area contributed by atoms with E-state index >= 15 is 0 Å². The lowest BCUT2D eigenvalue weighted by molar-refractivity contribution is -0.879. The number of benzene rings is 1. The third kappa shape index (κ3) is 5.43. The highest BCUT2D eigenvalue weighted by atomic mass is 16.5. The molecule has 1 atom stereocenters. The summed E-state index contributed by atoms with van der Waals surface area (Å²) in [6.45, 7) is 5.36. The minimum absolute atomic E-state index is 0.805. The highest BCUT2D eigenvalue weighted by Gasteiger charge is 2.00. The highest BCUT2D eigenvalue weighted by Crippen LogP contribution is 2.06. The van der Waals surface area contributed by atoms with Crippen LogP contribution < -0.4 is 9.64 Å². The van der Waals surface area contributed by atoms with E-state index in [-0.39, 0.29) is 0 Å². The number of rotatable bonds is 7. The number of ether oxygens (including phenoxy) is 1. The van der Waals surface area contributed by atoms with E-state index in [9.17, 15) is 0 Å². The lowest BCUT2D eigenvalue weighted by Gasteiger charge is -2.13. The first kappa shape index (κ1) is 12.1. The number of hydrogen-bond donors (Lipinski definition) is 1. The third-order valence-electron chi connectivity index (χ3n) is 2.50. The SMILES string of the molecule is CCCC[NH+](C)CCOc1ccccc1. The van der Waals surface area contributed by atoms with E-state index in [0.717, 1.165) is 18.9 Å². The molecule has 1 aromatic rings. The Kier molecular flexibility index (Phi) is 5.86. The fourth-order valence-corrected chi connectivity index (χ4v) is 1.46. The number of nitrogens with one attached hydrogen (secondary N) is 1. The molecule has 0 aliphatic carbocycles. The Hall–Kier alpha value is -1.02. The number of para-hydroxylation sites is 1. The van der Waals surface area contributed by atoms with Crippen LogP contribution in [0, 0.1) is 0 Å². The zero-order valence-electron chi connectivity index (χ0n) is 9.83. The van der Waals surface area contributed by atoms with Crippen LogP contribution in [0.2, 0.25) is 0 Å². The van der Waals surface area contributed by atoms with Crippen molar-refractivity contribution in [3.63, 3.8) is 0 Å². The van der Waals surface area contributed by atoms with E-state index in [2.05, 4.69) is 14.0 Å². The van der Waals surface area contributed by atoms with Gasteiger partial charge in [0.15, 0.2) is 0 Å². The summed E-state index contributed by atoms with van der Waals surface area (Å²) in [5, 5.41) is 0. The van der Waals surface area contributed by atoms with Crippen LogP contribution in [0.4, 0.5) is 0 Å². The largest absolute Gasteiger partial charge is 0.488 e. The van der Waals surface area contributed by atoms with Crippen molar-refractivity contribution in [1.82, 2.24) is 0 Å². The fraction of sp³-hybridized carbons (Fsp3) is 0.538. The molecule has 0 radical (unpaired) electrons. The standard InChI is InChI=1S/C13H21NO/c1-3-4-10-14(2)11-12-15-13-8-6-5-7-9-13/h5-9H,3-4,10-12H2,1-2H3/p+1. The molecule has 84 valence electrons. The average Bonchev–Trinajstić information content (AvgIpc) is 2.28. The van der Waals surface area contributed by atoms with Crippen molar-refractivity contribution < 1.29 is 9.64 Å². The van der Waals surface area contributed by atoms with Crippen molar-refractivity contribution in [1.29, 1.82) is 0 Å². The summed E-state index contributed by atoms with van der Waals surface area (Å²) >= 11 is 0.